The molecule has 0 bridgehead atoms. The molecule has 6 nitrogen and oxygen atoms in total. The number of benzene rings is 4. The Labute approximate surface area is 230 Å². The monoisotopic (exact) mass is 526 g/mol. The average Bonchev–Trinajstić information content (AvgIpc) is 2.98. The van der Waals surface area contributed by atoms with Crippen molar-refractivity contribution >= 4 is 10.8 Å². The molecule has 6 heteroatoms. The van der Waals surface area contributed by atoms with Crippen molar-refractivity contribution < 1.29 is 19.3 Å². The first-order chi connectivity index (χ1) is 19.2. The van der Waals surface area contributed by atoms with Crippen LogP contribution < -0.4 is 20.1 Å². The molecule has 39 heavy (non-hydrogen) atoms. The van der Waals surface area contributed by atoms with E-state index in [1.807, 2.05) is 30.3 Å². The van der Waals surface area contributed by atoms with Crippen molar-refractivity contribution in [1.82, 2.24) is 10.6 Å². The van der Waals surface area contributed by atoms with Gasteiger partial charge in [0.1, 0.15) is 17.2 Å². The molecule has 1 aliphatic rings. The van der Waals surface area contributed by atoms with Crippen molar-refractivity contribution in [2.45, 2.75) is 38.0 Å². The molecule has 0 saturated carbocycles. The van der Waals surface area contributed by atoms with Gasteiger partial charge in [0, 0.05) is 37.0 Å². The predicted octanol–water partition coefficient (Wildman–Crippen LogP) is 5.78. The standard InChI is InChI=1S/C33H38N2O4/c1-37-33-6-3-2-5-28(33)23-38-17-4-18-39-30-13-10-25(11-14-30)31-15-16-34-22-32(31)35-21-24-7-8-27-20-29(36)12-9-26(27)19-24/h2-3,5-14,19-20,31-32,34-36H,4,15-18,21-23H2,1H3. The van der Waals surface area contributed by atoms with Gasteiger partial charge in [-0.15, -0.1) is 0 Å². The van der Waals surface area contributed by atoms with E-state index in [2.05, 4.69) is 53.1 Å². The maximum atomic E-state index is 9.72. The number of piperidine rings is 1. The second-order valence-electron chi connectivity index (χ2n) is 10.1. The van der Waals surface area contributed by atoms with E-state index in [9.17, 15) is 5.11 Å². The summed E-state index contributed by atoms with van der Waals surface area (Å²) in [5.74, 6) is 2.50. The summed E-state index contributed by atoms with van der Waals surface area (Å²) >= 11 is 0. The van der Waals surface area contributed by atoms with Crippen molar-refractivity contribution in [1.29, 1.82) is 0 Å². The van der Waals surface area contributed by atoms with Crippen molar-refractivity contribution in [3.05, 3.63) is 102 Å². The Morgan fingerprint density at radius 1 is 0.923 bits per heavy atom. The van der Waals surface area contributed by atoms with E-state index in [1.54, 1.807) is 19.2 Å². The van der Waals surface area contributed by atoms with Gasteiger partial charge in [-0.3, -0.25) is 0 Å². The number of phenolic OH excluding ortho intramolecular Hbond substituents is 1. The first kappa shape index (κ1) is 27.0. The second-order valence-corrected chi connectivity index (χ2v) is 10.1. The minimum absolute atomic E-state index is 0.301. The molecular weight excluding hydrogens is 488 g/mol. The molecule has 5 rings (SSSR count). The largest absolute Gasteiger partial charge is 0.508 e. The average molecular weight is 527 g/mol. The Bertz CT molecular complexity index is 1340. The smallest absolute Gasteiger partial charge is 0.124 e. The predicted molar refractivity (Wildman–Crippen MR) is 156 cm³/mol. The molecule has 0 amide bonds. The van der Waals surface area contributed by atoms with E-state index >= 15 is 0 Å². The summed E-state index contributed by atoms with van der Waals surface area (Å²) in [7, 11) is 1.68. The number of fused-ring (bicyclic) bond motifs is 1. The van der Waals surface area contributed by atoms with Crippen LogP contribution in [0.25, 0.3) is 10.8 Å². The van der Waals surface area contributed by atoms with Crippen LogP contribution in [0.2, 0.25) is 0 Å². The Morgan fingerprint density at radius 3 is 2.62 bits per heavy atom. The van der Waals surface area contributed by atoms with Gasteiger partial charge in [0.2, 0.25) is 0 Å². The zero-order valence-corrected chi connectivity index (χ0v) is 22.6. The van der Waals surface area contributed by atoms with Crippen LogP contribution in [0.3, 0.4) is 0 Å². The van der Waals surface area contributed by atoms with Gasteiger partial charge in [0.25, 0.3) is 0 Å². The number of para-hydroxylation sites is 1. The molecule has 1 heterocycles. The molecule has 0 aromatic heterocycles. The Balaban J connectivity index is 1.08. The minimum atomic E-state index is 0.301. The van der Waals surface area contributed by atoms with E-state index in [1.165, 1.54) is 11.1 Å². The highest BCUT2D eigenvalue weighted by Gasteiger charge is 2.26. The molecule has 0 spiro atoms. The zero-order chi connectivity index (χ0) is 26.9. The molecule has 4 aromatic carbocycles. The van der Waals surface area contributed by atoms with Gasteiger partial charge in [0.15, 0.2) is 0 Å². The molecule has 1 fully saturated rings. The molecule has 2 unspecified atom stereocenters. The van der Waals surface area contributed by atoms with E-state index in [0.717, 1.165) is 60.3 Å². The number of ether oxygens (including phenoxy) is 3. The number of hydrogen-bond donors (Lipinski definition) is 3. The highest BCUT2D eigenvalue weighted by atomic mass is 16.5. The second kappa shape index (κ2) is 13.5. The van der Waals surface area contributed by atoms with Crippen LogP contribution in [0.15, 0.2) is 84.9 Å². The van der Waals surface area contributed by atoms with Crippen LogP contribution in [-0.2, 0) is 17.9 Å². The quantitative estimate of drug-likeness (QED) is 0.204. The summed E-state index contributed by atoms with van der Waals surface area (Å²) in [6.07, 6.45) is 1.92. The zero-order valence-electron chi connectivity index (χ0n) is 22.6. The molecule has 0 radical (unpaired) electrons. The van der Waals surface area contributed by atoms with E-state index in [-0.39, 0.29) is 0 Å². The third-order valence-electron chi connectivity index (χ3n) is 7.40. The normalized spacial score (nSPS) is 17.3. The summed E-state index contributed by atoms with van der Waals surface area (Å²) in [6, 6.07) is 28.8. The van der Waals surface area contributed by atoms with Crippen LogP contribution >= 0.6 is 0 Å². The lowest BCUT2D eigenvalue weighted by Crippen LogP contribution is -2.47. The molecule has 1 aliphatic heterocycles. The number of hydrogen-bond acceptors (Lipinski definition) is 6. The van der Waals surface area contributed by atoms with Crippen molar-refractivity contribution in [3.63, 3.8) is 0 Å². The van der Waals surface area contributed by atoms with E-state index < -0.39 is 0 Å². The highest BCUT2D eigenvalue weighted by molar-refractivity contribution is 5.84. The molecule has 0 aliphatic carbocycles. The summed E-state index contributed by atoms with van der Waals surface area (Å²) in [6.45, 7) is 4.57. The van der Waals surface area contributed by atoms with Crippen LogP contribution in [0.4, 0.5) is 0 Å². The Kier molecular flexibility index (Phi) is 9.33. The number of aromatic hydroxyl groups is 1. The highest BCUT2D eigenvalue weighted by Crippen LogP contribution is 2.28. The van der Waals surface area contributed by atoms with Gasteiger partial charge < -0.3 is 30.0 Å². The topological polar surface area (TPSA) is 72.0 Å². The molecular formula is C33H38N2O4. The van der Waals surface area contributed by atoms with Gasteiger partial charge in [-0.05, 0) is 71.3 Å². The summed E-state index contributed by atoms with van der Waals surface area (Å²) in [5.41, 5.74) is 3.64. The Hall–Kier alpha value is -3.58. The first-order valence-electron chi connectivity index (χ1n) is 13.8. The lowest BCUT2D eigenvalue weighted by molar-refractivity contribution is 0.105. The maximum absolute atomic E-state index is 9.72. The first-order valence-corrected chi connectivity index (χ1v) is 13.8. The van der Waals surface area contributed by atoms with Crippen molar-refractivity contribution in [2.75, 3.05) is 33.4 Å². The maximum Gasteiger partial charge on any atom is 0.124 e. The SMILES string of the molecule is COc1ccccc1COCCCOc1ccc(C2CCNCC2NCc2ccc3cc(O)ccc3c2)cc1. The van der Waals surface area contributed by atoms with Gasteiger partial charge in [0.05, 0.1) is 26.9 Å². The fraction of sp³-hybridized carbons (Fsp3) is 0.333. The van der Waals surface area contributed by atoms with E-state index in [0.29, 0.717) is 37.5 Å². The summed E-state index contributed by atoms with van der Waals surface area (Å²) in [4.78, 5) is 0. The number of rotatable bonds is 12. The van der Waals surface area contributed by atoms with Gasteiger partial charge in [-0.1, -0.05) is 48.5 Å². The van der Waals surface area contributed by atoms with Crippen LogP contribution in [0.1, 0.15) is 35.4 Å². The van der Waals surface area contributed by atoms with Crippen molar-refractivity contribution in [3.8, 4) is 17.2 Å². The van der Waals surface area contributed by atoms with Gasteiger partial charge in [-0.2, -0.15) is 0 Å². The molecule has 4 aromatic rings. The Morgan fingerprint density at radius 2 is 1.74 bits per heavy atom. The molecule has 1 saturated heterocycles. The fourth-order valence-corrected chi connectivity index (χ4v) is 5.28. The number of phenols is 1. The third-order valence-corrected chi connectivity index (χ3v) is 7.40. The fourth-order valence-electron chi connectivity index (χ4n) is 5.28. The van der Waals surface area contributed by atoms with Gasteiger partial charge >= 0.3 is 0 Å². The molecule has 3 N–H and O–H groups in total. The summed E-state index contributed by atoms with van der Waals surface area (Å²) < 4.78 is 17.2. The van der Waals surface area contributed by atoms with E-state index in [4.69, 9.17) is 14.2 Å². The van der Waals surface area contributed by atoms with Crippen molar-refractivity contribution in [2.24, 2.45) is 0 Å². The van der Waals surface area contributed by atoms with Gasteiger partial charge in [-0.25, -0.2) is 0 Å². The minimum Gasteiger partial charge on any atom is -0.508 e. The van der Waals surface area contributed by atoms with Crippen LogP contribution in [-0.4, -0.2) is 44.6 Å². The molecule has 2 atom stereocenters. The molecule has 204 valence electrons. The van der Waals surface area contributed by atoms with Crippen LogP contribution in [0.5, 0.6) is 17.2 Å². The van der Waals surface area contributed by atoms with Crippen LogP contribution in [0, 0.1) is 0 Å². The lowest BCUT2D eigenvalue weighted by Gasteiger charge is -2.33. The lowest BCUT2D eigenvalue weighted by atomic mass is 9.86. The number of methoxy groups -OCH3 is 1. The number of nitrogens with one attached hydrogen (secondary N) is 2. The third kappa shape index (κ3) is 7.30. The summed E-state index contributed by atoms with van der Waals surface area (Å²) in [5, 5.41) is 19.2.